The van der Waals surface area contributed by atoms with Crippen molar-refractivity contribution >= 4 is 5.91 Å². The first-order valence-corrected chi connectivity index (χ1v) is 9.37. The molecule has 1 amide bonds. The van der Waals surface area contributed by atoms with Crippen LogP contribution in [0, 0.1) is 25.2 Å². The smallest absolute Gasteiger partial charge is 0.232 e. The molecular formula is C20H26N4O3. The number of carbonyl (C=O) groups is 1. The molecule has 0 unspecified atom stereocenters. The molecule has 0 N–H and O–H groups in total. The standard InChI is InChI=1S/C20H26N4O3/c1-14-5-4-6-17(21-14)10-24-8-16-11-26-13-20(16,12-24)19(25)23(3)9-18-7-15(2)27-22-18/h4-7,16H,8-13H2,1-3H3/t16-,20-/m1/s1. The van der Waals surface area contributed by atoms with Crippen LogP contribution in [0.15, 0.2) is 28.8 Å². The van der Waals surface area contributed by atoms with Gasteiger partial charge in [-0.1, -0.05) is 11.2 Å². The van der Waals surface area contributed by atoms with Crippen molar-refractivity contribution in [1.29, 1.82) is 0 Å². The van der Waals surface area contributed by atoms with Gasteiger partial charge in [0.2, 0.25) is 5.91 Å². The summed E-state index contributed by atoms with van der Waals surface area (Å²) >= 11 is 0. The Hall–Kier alpha value is -2.25. The van der Waals surface area contributed by atoms with Crippen molar-refractivity contribution in [3.8, 4) is 0 Å². The molecule has 7 nitrogen and oxygen atoms in total. The van der Waals surface area contributed by atoms with E-state index < -0.39 is 5.41 Å². The summed E-state index contributed by atoms with van der Waals surface area (Å²) in [7, 11) is 1.83. The number of aromatic nitrogens is 2. The minimum absolute atomic E-state index is 0.130. The molecule has 144 valence electrons. The zero-order valence-corrected chi connectivity index (χ0v) is 16.1. The van der Waals surface area contributed by atoms with Gasteiger partial charge in [-0.15, -0.1) is 0 Å². The number of ether oxygens (including phenoxy) is 1. The third-order valence-corrected chi connectivity index (χ3v) is 5.62. The van der Waals surface area contributed by atoms with Crippen LogP contribution in [-0.2, 0) is 22.6 Å². The van der Waals surface area contributed by atoms with Crippen LogP contribution in [0.25, 0.3) is 0 Å². The Bertz CT molecular complexity index is 836. The summed E-state index contributed by atoms with van der Waals surface area (Å²) in [4.78, 5) is 22.1. The number of pyridine rings is 1. The number of nitrogens with zero attached hydrogens (tertiary/aromatic N) is 4. The maximum absolute atomic E-state index is 13.4. The predicted octanol–water partition coefficient (Wildman–Crippen LogP) is 1.79. The predicted molar refractivity (Wildman–Crippen MR) is 98.7 cm³/mol. The van der Waals surface area contributed by atoms with Crippen molar-refractivity contribution in [2.45, 2.75) is 26.9 Å². The second kappa shape index (κ2) is 7.05. The van der Waals surface area contributed by atoms with Gasteiger partial charge in [0, 0.05) is 44.4 Å². The van der Waals surface area contributed by atoms with E-state index in [1.807, 2.05) is 45.2 Å². The molecule has 2 saturated heterocycles. The van der Waals surface area contributed by atoms with Gasteiger partial charge in [-0.2, -0.15) is 0 Å². The van der Waals surface area contributed by atoms with E-state index in [1.165, 1.54) is 0 Å². The number of rotatable bonds is 5. The van der Waals surface area contributed by atoms with Gasteiger partial charge in [-0.05, 0) is 26.0 Å². The van der Waals surface area contributed by atoms with Crippen LogP contribution in [0.1, 0.15) is 22.8 Å². The Morgan fingerprint density at radius 3 is 2.96 bits per heavy atom. The van der Waals surface area contributed by atoms with E-state index in [9.17, 15) is 4.79 Å². The summed E-state index contributed by atoms with van der Waals surface area (Å²) in [6.45, 7) is 7.75. The van der Waals surface area contributed by atoms with E-state index in [2.05, 4.69) is 15.0 Å². The summed E-state index contributed by atoms with van der Waals surface area (Å²) in [5.41, 5.74) is 2.36. The fourth-order valence-electron chi connectivity index (χ4n) is 4.37. The van der Waals surface area contributed by atoms with Crippen LogP contribution in [0.5, 0.6) is 0 Å². The first kappa shape index (κ1) is 18.1. The molecule has 0 bridgehead atoms. The highest BCUT2D eigenvalue weighted by Crippen LogP contribution is 2.43. The van der Waals surface area contributed by atoms with Gasteiger partial charge in [0.15, 0.2) is 0 Å². The van der Waals surface area contributed by atoms with Crippen molar-refractivity contribution in [1.82, 2.24) is 19.9 Å². The highest BCUT2D eigenvalue weighted by molar-refractivity contribution is 5.84. The average Bonchev–Trinajstić information content (AvgIpc) is 3.28. The minimum atomic E-state index is -0.475. The lowest BCUT2D eigenvalue weighted by atomic mass is 9.79. The largest absolute Gasteiger partial charge is 0.380 e. The average molecular weight is 370 g/mol. The first-order chi connectivity index (χ1) is 13.0. The second-order valence-corrected chi connectivity index (χ2v) is 7.90. The van der Waals surface area contributed by atoms with E-state index >= 15 is 0 Å². The summed E-state index contributed by atoms with van der Waals surface area (Å²) in [5.74, 6) is 1.10. The van der Waals surface area contributed by atoms with E-state index in [0.29, 0.717) is 26.3 Å². The van der Waals surface area contributed by atoms with E-state index in [-0.39, 0.29) is 11.8 Å². The quantitative estimate of drug-likeness (QED) is 0.799. The molecule has 7 heteroatoms. The number of fused-ring (bicyclic) bond motifs is 1. The maximum Gasteiger partial charge on any atom is 0.232 e. The fourth-order valence-corrected chi connectivity index (χ4v) is 4.37. The molecule has 2 aromatic heterocycles. The minimum Gasteiger partial charge on any atom is -0.380 e. The van der Waals surface area contributed by atoms with Gasteiger partial charge >= 0.3 is 0 Å². The second-order valence-electron chi connectivity index (χ2n) is 7.90. The number of aryl methyl sites for hydroxylation is 2. The zero-order valence-electron chi connectivity index (χ0n) is 16.1. The Balaban J connectivity index is 1.47. The summed E-state index contributed by atoms with van der Waals surface area (Å²) < 4.78 is 10.9. The number of amides is 1. The van der Waals surface area contributed by atoms with Gasteiger partial charge in [0.05, 0.1) is 30.9 Å². The highest BCUT2D eigenvalue weighted by atomic mass is 16.5. The summed E-state index contributed by atoms with van der Waals surface area (Å²) in [6.07, 6.45) is 0. The lowest BCUT2D eigenvalue weighted by Crippen LogP contribution is -2.47. The number of hydrogen-bond acceptors (Lipinski definition) is 6. The monoisotopic (exact) mass is 370 g/mol. The summed E-state index contributed by atoms with van der Waals surface area (Å²) in [6, 6.07) is 7.95. The van der Waals surface area contributed by atoms with E-state index in [1.54, 1.807) is 4.90 Å². The van der Waals surface area contributed by atoms with Crippen molar-refractivity contribution in [2.75, 3.05) is 33.4 Å². The maximum atomic E-state index is 13.4. The fraction of sp³-hybridized carbons (Fsp3) is 0.550. The molecule has 4 rings (SSSR count). The van der Waals surface area contributed by atoms with Crippen molar-refractivity contribution < 1.29 is 14.1 Å². The molecule has 0 aliphatic carbocycles. The summed E-state index contributed by atoms with van der Waals surface area (Å²) in [5, 5.41) is 4.01. The Kier molecular flexibility index (Phi) is 4.74. The third kappa shape index (κ3) is 3.49. The van der Waals surface area contributed by atoms with Gasteiger partial charge < -0.3 is 14.2 Å². The van der Waals surface area contributed by atoms with Gasteiger partial charge in [-0.25, -0.2) is 0 Å². The van der Waals surface area contributed by atoms with E-state index in [0.717, 1.165) is 35.9 Å². The third-order valence-electron chi connectivity index (χ3n) is 5.62. The molecule has 27 heavy (non-hydrogen) atoms. The SMILES string of the molecule is Cc1cccc(CN2C[C@@H]3COC[C@]3(C(=O)N(C)Cc3cc(C)on3)C2)n1. The van der Waals surface area contributed by atoms with Gasteiger partial charge in [0.25, 0.3) is 0 Å². The zero-order chi connectivity index (χ0) is 19.0. The lowest BCUT2D eigenvalue weighted by Gasteiger charge is -2.30. The number of hydrogen-bond donors (Lipinski definition) is 0. The van der Waals surface area contributed by atoms with Crippen LogP contribution in [0.4, 0.5) is 0 Å². The molecule has 0 saturated carbocycles. The number of likely N-dealkylation sites (tertiary alicyclic amines) is 1. The molecule has 2 aromatic rings. The molecule has 0 radical (unpaired) electrons. The van der Waals surface area contributed by atoms with Crippen molar-refractivity contribution in [3.05, 3.63) is 47.1 Å². The molecule has 2 atom stereocenters. The van der Waals surface area contributed by atoms with Crippen LogP contribution in [0.3, 0.4) is 0 Å². The Labute approximate surface area is 159 Å². The van der Waals surface area contributed by atoms with Crippen LogP contribution in [0.2, 0.25) is 0 Å². The van der Waals surface area contributed by atoms with Gasteiger partial charge in [0.1, 0.15) is 11.5 Å². The molecule has 0 aromatic carbocycles. The van der Waals surface area contributed by atoms with Crippen LogP contribution < -0.4 is 0 Å². The van der Waals surface area contributed by atoms with Gasteiger partial charge in [-0.3, -0.25) is 14.7 Å². The topological polar surface area (TPSA) is 71.7 Å². The highest BCUT2D eigenvalue weighted by Gasteiger charge is 2.56. The van der Waals surface area contributed by atoms with Crippen LogP contribution in [-0.4, -0.2) is 59.2 Å². The molecule has 2 aliphatic heterocycles. The molecule has 4 heterocycles. The first-order valence-electron chi connectivity index (χ1n) is 9.37. The normalized spacial score (nSPS) is 24.9. The molecule has 0 spiro atoms. The van der Waals surface area contributed by atoms with Crippen molar-refractivity contribution in [3.63, 3.8) is 0 Å². The van der Waals surface area contributed by atoms with E-state index in [4.69, 9.17) is 9.26 Å². The Morgan fingerprint density at radius 2 is 2.22 bits per heavy atom. The lowest BCUT2D eigenvalue weighted by molar-refractivity contribution is -0.142. The molecule has 2 fully saturated rings. The van der Waals surface area contributed by atoms with Crippen molar-refractivity contribution in [2.24, 2.45) is 11.3 Å². The number of carbonyl (C=O) groups excluding carboxylic acids is 1. The Morgan fingerprint density at radius 1 is 1.37 bits per heavy atom. The van der Waals surface area contributed by atoms with Crippen LogP contribution >= 0.6 is 0 Å². The molecular weight excluding hydrogens is 344 g/mol. The molecule has 2 aliphatic rings.